The highest BCUT2D eigenvalue weighted by atomic mass is 16.3. The molecule has 5 heteroatoms. The second-order valence-electron chi connectivity index (χ2n) is 5.11. The Bertz CT molecular complexity index is 626. The monoisotopic (exact) mass is 286 g/mol. The number of carbonyl (C=O) groups is 1. The van der Waals surface area contributed by atoms with E-state index in [1.54, 1.807) is 13.0 Å². The molecule has 110 valence electrons. The Kier molecular flexibility index (Phi) is 4.23. The lowest BCUT2D eigenvalue weighted by atomic mass is 9.84. The average molecular weight is 286 g/mol. The van der Waals surface area contributed by atoms with Gasteiger partial charge in [0.05, 0.1) is 0 Å². The molecule has 21 heavy (non-hydrogen) atoms. The maximum atomic E-state index is 12.3. The molecule has 0 aliphatic heterocycles. The predicted molar refractivity (Wildman–Crippen MR) is 80.0 cm³/mol. The minimum atomic E-state index is -1.63. The van der Waals surface area contributed by atoms with Crippen LogP contribution >= 0.6 is 0 Å². The van der Waals surface area contributed by atoms with Gasteiger partial charge in [0.25, 0.3) is 5.91 Å². The van der Waals surface area contributed by atoms with Crippen molar-refractivity contribution in [2.75, 3.05) is 5.32 Å². The van der Waals surface area contributed by atoms with E-state index < -0.39 is 17.4 Å². The summed E-state index contributed by atoms with van der Waals surface area (Å²) < 4.78 is 0. The number of benzene rings is 1. The van der Waals surface area contributed by atoms with E-state index in [2.05, 4.69) is 10.3 Å². The van der Waals surface area contributed by atoms with Crippen molar-refractivity contribution in [1.29, 1.82) is 0 Å². The fourth-order valence-corrected chi connectivity index (χ4v) is 1.99. The van der Waals surface area contributed by atoms with Gasteiger partial charge in [-0.1, -0.05) is 37.3 Å². The van der Waals surface area contributed by atoms with Gasteiger partial charge < -0.3 is 15.5 Å². The van der Waals surface area contributed by atoms with E-state index in [1.807, 2.05) is 30.3 Å². The summed E-state index contributed by atoms with van der Waals surface area (Å²) >= 11 is 0. The molecule has 0 saturated heterocycles. The summed E-state index contributed by atoms with van der Waals surface area (Å²) in [4.78, 5) is 16.2. The van der Waals surface area contributed by atoms with Crippen LogP contribution in [0, 0.1) is 0 Å². The van der Waals surface area contributed by atoms with Crippen LogP contribution in [-0.2, 0) is 4.79 Å². The van der Waals surface area contributed by atoms with E-state index >= 15 is 0 Å². The summed E-state index contributed by atoms with van der Waals surface area (Å²) in [5.41, 5.74) is -0.784. The number of carbonyl (C=O) groups excluding carboxylic acids is 1. The van der Waals surface area contributed by atoms with Crippen LogP contribution in [0.25, 0.3) is 0 Å². The highest BCUT2D eigenvalue weighted by Gasteiger charge is 2.37. The second kappa shape index (κ2) is 5.93. The summed E-state index contributed by atoms with van der Waals surface area (Å²) in [7, 11) is 0. The quantitative estimate of drug-likeness (QED) is 0.805. The summed E-state index contributed by atoms with van der Waals surface area (Å²) in [6.07, 6.45) is 1.45. The van der Waals surface area contributed by atoms with E-state index in [4.69, 9.17) is 0 Å². The Morgan fingerprint density at radius 1 is 1.24 bits per heavy atom. The molecular weight excluding hydrogens is 268 g/mol. The topological polar surface area (TPSA) is 82.5 Å². The largest absolute Gasteiger partial charge is 0.504 e. The van der Waals surface area contributed by atoms with Gasteiger partial charge in [0.1, 0.15) is 5.60 Å². The minimum Gasteiger partial charge on any atom is -0.504 e. The van der Waals surface area contributed by atoms with Gasteiger partial charge in [0.15, 0.2) is 11.6 Å². The first-order valence-electron chi connectivity index (χ1n) is 6.65. The fraction of sp³-hybridized carbons (Fsp3) is 0.250. The van der Waals surface area contributed by atoms with Gasteiger partial charge in [0, 0.05) is 12.1 Å². The molecule has 2 atom stereocenters. The lowest BCUT2D eigenvalue weighted by molar-refractivity contribution is -0.134. The maximum Gasteiger partial charge on any atom is 0.257 e. The fourth-order valence-electron chi connectivity index (χ4n) is 1.99. The highest BCUT2D eigenvalue weighted by Crippen LogP contribution is 2.29. The zero-order valence-corrected chi connectivity index (χ0v) is 11.9. The molecule has 2 rings (SSSR count). The van der Waals surface area contributed by atoms with E-state index in [-0.39, 0.29) is 11.6 Å². The van der Waals surface area contributed by atoms with Crippen LogP contribution in [0.1, 0.15) is 25.3 Å². The second-order valence-corrected chi connectivity index (χ2v) is 5.11. The molecule has 2 aromatic rings. The predicted octanol–water partition coefficient (Wildman–Crippen LogP) is 2.28. The highest BCUT2D eigenvalue weighted by molar-refractivity contribution is 5.97. The van der Waals surface area contributed by atoms with Gasteiger partial charge in [-0.2, -0.15) is 0 Å². The molecule has 0 aliphatic rings. The summed E-state index contributed by atoms with van der Waals surface area (Å²) in [6.45, 7) is 3.22. The van der Waals surface area contributed by atoms with E-state index in [0.29, 0.717) is 0 Å². The molecule has 0 bridgehead atoms. The first kappa shape index (κ1) is 15.0. The lowest BCUT2D eigenvalue weighted by Gasteiger charge is -2.29. The van der Waals surface area contributed by atoms with Gasteiger partial charge in [-0.3, -0.25) is 4.79 Å². The first-order chi connectivity index (χ1) is 9.93. The summed E-state index contributed by atoms with van der Waals surface area (Å²) in [5.74, 6) is -1.14. The Labute approximate surface area is 123 Å². The van der Waals surface area contributed by atoms with Gasteiger partial charge in [-0.15, -0.1) is 0 Å². The maximum absolute atomic E-state index is 12.3. The Morgan fingerprint density at radius 3 is 2.52 bits per heavy atom. The van der Waals surface area contributed by atoms with Crippen LogP contribution in [0.15, 0.2) is 48.7 Å². The first-order valence-corrected chi connectivity index (χ1v) is 6.65. The zero-order valence-electron chi connectivity index (χ0n) is 11.9. The number of amides is 1. The van der Waals surface area contributed by atoms with Crippen molar-refractivity contribution >= 4 is 11.7 Å². The third kappa shape index (κ3) is 3.20. The van der Waals surface area contributed by atoms with Crippen molar-refractivity contribution < 1.29 is 15.0 Å². The number of hydrogen-bond acceptors (Lipinski definition) is 4. The number of hydrogen-bond donors (Lipinski definition) is 3. The third-order valence-electron chi connectivity index (χ3n) is 3.62. The molecule has 1 heterocycles. The molecule has 3 N–H and O–H groups in total. The summed E-state index contributed by atoms with van der Waals surface area (Å²) in [5, 5.41) is 22.6. The van der Waals surface area contributed by atoms with Crippen molar-refractivity contribution in [2.24, 2.45) is 0 Å². The molecule has 0 spiro atoms. The SMILES string of the molecule is C[C@@H](c1ccccc1)[C@](C)(O)C(=O)Nc1ncccc1O. The molecule has 0 aliphatic carbocycles. The van der Waals surface area contributed by atoms with E-state index in [1.165, 1.54) is 19.2 Å². The van der Waals surface area contributed by atoms with Crippen molar-refractivity contribution in [3.05, 3.63) is 54.2 Å². The van der Waals surface area contributed by atoms with Crippen LogP contribution in [0.4, 0.5) is 5.82 Å². The molecule has 0 radical (unpaired) electrons. The number of nitrogens with one attached hydrogen (secondary N) is 1. The minimum absolute atomic E-state index is 0.0306. The number of anilines is 1. The Balaban J connectivity index is 2.19. The average Bonchev–Trinajstić information content (AvgIpc) is 2.49. The molecule has 1 amide bonds. The van der Waals surface area contributed by atoms with Crippen LogP contribution < -0.4 is 5.32 Å². The Hall–Kier alpha value is -2.40. The molecular formula is C16H18N2O3. The van der Waals surface area contributed by atoms with E-state index in [0.717, 1.165) is 5.56 Å². The van der Waals surface area contributed by atoms with Crippen molar-refractivity contribution in [3.8, 4) is 5.75 Å². The number of aromatic nitrogens is 1. The van der Waals surface area contributed by atoms with Crippen LogP contribution in [-0.4, -0.2) is 26.7 Å². The van der Waals surface area contributed by atoms with Crippen LogP contribution in [0.2, 0.25) is 0 Å². The number of aliphatic hydroxyl groups is 1. The molecule has 0 fully saturated rings. The number of aromatic hydroxyl groups is 1. The molecule has 1 aromatic heterocycles. The summed E-state index contributed by atoms with van der Waals surface area (Å²) in [6, 6.07) is 12.2. The van der Waals surface area contributed by atoms with Crippen LogP contribution in [0.3, 0.4) is 0 Å². The smallest absolute Gasteiger partial charge is 0.257 e. The third-order valence-corrected chi connectivity index (χ3v) is 3.62. The van der Waals surface area contributed by atoms with Gasteiger partial charge in [-0.05, 0) is 24.6 Å². The van der Waals surface area contributed by atoms with Crippen LogP contribution in [0.5, 0.6) is 5.75 Å². The molecule has 1 aromatic carbocycles. The normalized spacial score (nSPS) is 15.0. The standard InChI is InChI=1S/C16H18N2O3/c1-11(12-7-4-3-5-8-12)16(2,21)15(20)18-14-13(19)9-6-10-17-14/h3-11,19,21H,1-2H3,(H,17,18,20)/t11-,16-/m0/s1. The number of pyridine rings is 1. The number of nitrogens with zero attached hydrogens (tertiary/aromatic N) is 1. The molecule has 0 unspecified atom stereocenters. The molecule has 5 nitrogen and oxygen atoms in total. The van der Waals surface area contributed by atoms with E-state index in [9.17, 15) is 15.0 Å². The van der Waals surface area contributed by atoms with Gasteiger partial charge in [0.2, 0.25) is 0 Å². The Morgan fingerprint density at radius 2 is 1.90 bits per heavy atom. The lowest BCUT2D eigenvalue weighted by Crippen LogP contribution is -2.44. The van der Waals surface area contributed by atoms with Crippen molar-refractivity contribution in [3.63, 3.8) is 0 Å². The number of rotatable bonds is 4. The van der Waals surface area contributed by atoms with Crippen molar-refractivity contribution in [1.82, 2.24) is 4.98 Å². The van der Waals surface area contributed by atoms with Gasteiger partial charge >= 0.3 is 0 Å². The molecule has 0 saturated carbocycles. The van der Waals surface area contributed by atoms with Gasteiger partial charge in [-0.25, -0.2) is 4.98 Å². The van der Waals surface area contributed by atoms with Crippen molar-refractivity contribution in [2.45, 2.75) is 25.4 Å². The zero-order chi connectivity index (χ0) is 15.5.